The van der Waals surface area contributed by atoms with E-state index >= 15 is 0 Å². The van der Waals surface area contributed by atoms with E-state index in [1.807, 2.05) is 47.7 Å². The SMILES string of the molecule is Nc1cnccc1N1C=CC=CC=C1. The van der Waals surface area contributed by atoms with Gasteiger partial charge >= 0.3 is 0 Å². The molecule has 1 aromatic rings. The van der Waals surface area contributed by atoms with Crippen LogP contribution in [0.15, 0.2) is 55.2 Å². The van der Waals surface area contributed by atoms with Crippen LogP contribution in [-0.4, -0.2) is 4.98 Å². The topological polar surface area (TPSA) is 42.1 Å². The van der Waals surface area contributed by atoms with Crippen molar-refractivity contribution in [3.8, 4) is 0 Å². The molecule has 70 valence electrons. The first-order valence-electron chi connectivity index (χ1n) is 4.37. The van der Waals surface area contributed by atoms with E-state index in [1.165, 1.54) is 0 Å². The summed E-state index contributed by atoms with van der Waals surface area (Å²) in [7, 11) is 0. The van der Waals surface area contributed by atoms with Crippen molar-refractivity contribution in [2.45, 2.75) is 0 Å². The molecule has 0 spiro atoms. The molecule has 2 rings (SSSR count). The third-order valence-corrected chi connectivity index (χ3v) is 1.93. The minimum absolute atomic E-state index is 0.670. The normalized spacial score (nSPS) is 14.4. The Morgan fingerprint density at radius 3 is 2.43 bits per heavy atom. The van der Waals surface area contributed by atoms with Crippen molar-refractivity contribution in [3.05, 3.63) is 55.2 Å². The highest BCUT2D eigenvalue weighted by atomic mass is 15.1. The Hall–Kier alpha value is -2.03. The van der Waals surface area contributed by atoms with Crippen LogP contribution in [0.3, 0.4) is 0 Å². The maximum absolute atomic E-state index is 5.81. The van der Waals surface area contributed by atoms with Crippen molar-refractivity contribution >= 4 is 11.4 Å². The summed E-state index contributed by atoms with van der Waals surface area (Å²) in [6, 6.07) is 1.88. The Balaban J connectivity index is 2.36. The maximum atomic E-state index is 5.81. The van der Waals surface area contributed by atoms with E-state index in [4.69, 9.17) is 5.73 Å². The molecule has 0 amide bonds. The zero-order valence-corrected chi connectivity index (χ0v) is 7.67. The van der Waals surface area contributed by atoms with Gasteiger partial charge in [-0.05, 0) is 18.2 Å². The van der Waals surface area contributed by atoms with E-state index in [1.54, 1.807) is 12.4 Å². The lowest BCUT2D eigenvalue weighted by Crippen LogP contribution is -2.08. The number of rotatable bonds is 1. The zero-order valence-electron chi connectivity index (χ0n) is 7.67. The van der Waals surface area contributed by atoms with E-state index in [2.05, 4.69) is 4.98 Å². The fourth-order valence-corrected chi connectivity index (χ4v) is 1.26. The lowest BCUT2D eigenvalue weighted by Gasteiger charge is -2.16. The first-order valence-corrected chi connectivity index (χ1v) is 4.37. The first-order chi connectivity index (χ1) is 6.88. The van der Waals surface area contributed by atoms with Crippen LogP contribution >= 0.6 is 0 Å². The van der Waals surface area contributed by atoms with Gasteiger partial charge in [-0.1, -0.05) is 12.2 Å². The van der Waals surface area contributed by atoms with E-state index in [0.717, 1.165) is 5.69 Å². The highest BCUT2D eigenvalue weighted by Gasteiger charge is 2.03. The van der Waals surface area contributed by atoms with Crippen LogP contribution in [0.4, 0.5) is 11.4 Å². The Morgan fingerprint density at radius 1 is 1.07 bits per heavy atom. The molecule has 0 aliphatic carbocycles. The van der Waals surface area contributed by atoms with Gasteiger partial charge in [-0.3, -0.25) is 4.98 Å². The highest BCUT2D eigenvalue weighted by Crippen LogP contribution is 2.22. The van der Waals surface area contributed by atoms with Gasteiger partial charge < -0.3 is 10.6 Å². The summed E-state index contributed by atoms with van der Waals surface area (Å²) < 4.78 is 0. The summed E-state index contributed by atoms with van der Waals surface area (Å²) in [5.41, 5.74) is 7.42. The van der Waals surface area contributed by atoms with Gasteiger partial charge in [0.2, 0.25) is 0 Å². The standard InChI is InChI=1S/C11H11N3/c12-10-9-13-6-5-11(10)14-7-3-1-2-4-8-14/h1-9H,12H2. The van der Waals surface area contributed by atoms with Gasteiger partial charge in [-0.2, -0.15) is 0 Å². The molecular formula is C11H11N3. The van der Waals surface area contributed by atoms with Crippen molar-refractivity contribution in [1.29, 1.82) is 0 Å². The Kier molecular flexibility index (Phi) is 2.32. The summed E-state index contributed by atoms with van der Waals surface area (Å²) >= 11 is 0. The molecule has 0 atom stereocenters. The second kappa shape index (κ2) is 3.79. The van der Waals surface area contributed by atoms with Crippen molar-refractivity contribution in [2.24, 2.45) is 0 Å². The average Bonchev–Trinajstić information content (AvgIpc) is 2.47. The van der Waals surface area contributed by atoms with Crippen molar-refractivity contribution < 1.29 is 0 Å². The molecule has 3 nitrogen and oxygen atoms in total. The minimum atomic E-state index is 0.670. The van der Waals surface area contributed by atoms with Gasteiger partial charge in [-0.15, -0.1) is 0 Å². The van der Waals surface area contributed by atoms with E-state index < -0.39 is 0 Å². The minimum Gasteiger partial charge on any atom is -0.396 e. The largest absolute Gasteiger partial charge is 0.396 e. The Morgan fingerprint density at radius 2 is 1.79 bits per heavy atom. The highest BCUT2D eigenvalue weighted by molar-refractivity contribution is 5.69. The molecule has 2 heterocycles. The maximum Gasteiger partial charge on any atom is 0.0745 e. The molecule has 0 aromatic carbocycles. The summed E-state index contributed by atoms with van der Waals surface area (Å²) in [5, 5.41) is 0. The summed E-state index contributed by atoms with van der Waals surface area (Å²) in [6.45, 7) is 0. The number of nitrogens with zero attached hydrogens (tertiary/aromatic N) is 2. The molecule has 0 fully saturated rings. The van der Waals surface area contributed by atoms with E-state index in [-0.39, 0.29) is 0 Å². The predicted octanol–water partition coefficient (Wildman–Crippen LogP) is 2.07. The molecule has 14 heavy (non-hydrogen) atoms. The average molecular weight is 185 g/mol. The lowest BCUT2D eigenvalue weighted by atomic mass is 10.3. The fourth-order valence-electron chi connectivity index (χ4n) is 1.26. The van der Waals surface area contributed by atoms with Crippen LogP contribution in [0.25, 0.3) is 0 Å². The number of anilines is 2. The number of allylic oxidation sites excluding steroid dienone is 4. The monoisotopic (exact) mass is 185 g/mol. The van der Waals surface area contributed by atoms with Crippen LogP contribution in [0, 0.1) is 0 Å². The quantitative estimate of drug-likeness (QED) is 0.728. The van der Waals surface area contributed by atoms with E-state index in [0.29, 0.717) is 5.69 Å². The Labute approximate surface area is 82.9 Å². The predicted molar refractivity (Wildman–Crippen MR) is 58.5 cm³/mol. The van der Waals surface area contributed by atoms with Crippen LogP contribution in [0.5, 0.6) is 0 Å². The molecule has 0 saturated heterocycles. The summed E-state index contributed by atoms with van der Waals surface area (Å²) in [4.78, 5) is 5.90. The van der Waals surface area contributed by atoms with Crippen molar-refractivity contribution in [3.63, 3.8) is 0 Å². The summed E-state index contributed by atoms with van der Waals surface area (Å²) in [5.74, 6) is 0. The van der Waals surface area contributed by atoms with Crippen LogP contribution in [-0.2, 0) is 0 Å². The molecule has 0 bridgehead atoms. The van der Waals surface area contributed by atoms with Crippen molar-refractivity contribution in [2.75, 3.05) is 10.6 Å². The second-order valence-electron chi connectivity index (χ2n) is 2.91. The third-order valence-electron chi connectivity index (χ3n) is 1.93. The third kappa shape index (κ3) is 1.66. The van der Waals surface area contributed by atoms with Crippen LogP contribution < -0.4 is 10.6 Å². The van der Waals surface area contributed by atoms with Gasteiger partial charge in [0.05, 0.1) is 17.6 Å². The Bertz CT molecular complexity index is 389. The number of hydrogen-bond acceptors (Lipinski definition) is 3. The second-order valence-corrected chi connectivity index (χ2v) is 2.91. The first kappa shape index (κ1) is 8.56. The zero-order chi connectivity index (χ0) is 9.80. The number of hydrogen-bond donors (Lipinski definition) is 1. The van der Waals surface area contributed by atoms with Gasteiger partial charge in [0.1, 0.15) is 0 Å². The molecule has 1 aliphatic rings. The smallest absolute Gasteiger partial charge is 0.0745 e. The van der Waals surface area contributed by atoms with Crippen LogP contribution in [0.1, 0.15) is 0 Å². The van der Waals surface area contributed by atoms with Gasteiger partial charge in [-0.25, -0.2) is 0 Å². The van der Waals surface area contributed by atoms with Crippen molar-refractivity contribution in [1.82, 2.24) is 4.98 Å². The van der Waals surface area contributed by atoms with E-state index in [9.17, 15) is 0 Å². The van der Waals surface area contributed by atoms with Gasteiger partial charge in [0.25, 0.3) is 0 Å². The molecule has 0 unspecified atom stereocenters. The number of nitrogens with two attached hydrogens (primary N) is 1. The fraction of sp³-hybridized carbons (Fsp3) is 0. The number of aromatic nitrogens is 1. The molecule has 0 radical (unpaired) electrons. The molecular weight excluding hydrogens is 174 g/mol. The van der Waals surface area contributed by atoms with Gasteiger partial charge in [0, 0.05) is 18.6 Å². The summed E-state index contributed by atoms with van der Waals surface area (Å²) in [6.07, 6.45) is 15.1. The molecule has 1 aliphatic heterocycles. The number of pyridine rings is 1. The molecule has 2 N–H and O–H groups in total. The lowest BCUT2D eigenvalue weighted by molar-refractivity contribution is 1.25. The molecule has 3 heteroatoms. The number of nitrogen functional groups attached to an aromatic ring is 1. The van der Waals surface area contributed by atoms with Crippen LogP contribution in [0.2, 0.25) is 0 Å². The molecule has 0 saturated carbocycles. The molecule has 1 aromatic heterocycles. The van der Waals surface area contributed by atoms with Gasteiger partial charge in [0.15, 0.2) is 0 Å².